The predicted molar refractivity (Wildman–Crippen MR) is 238 cm³/mol. The Bertz CT molecular complexity index is 1290. The quantitative estimate of drug-likeness (QED) is 0.0270. The maximum absolute atomic E-state index is 12.6. The van der Waals surface area contributed by atoms with Crippen LogP contribution in [0.2, 0.25) is 0 Å². The normalized spacial score (nSPS) is 14.4. The molecule has 3 N–H and O–H groups in total. The van der Waals surface area contributed by atoms with Gasteiger partial charge < -0.3 is 20.1 Å². The van der Waals surface area contributed by atoms with Crippen LogP contribution in [0.25, 0.3) is 0 Å². The van der Waals surface area contributed by atoms with E-state index in [0.717, 1.165) is 77.0 Å². The second-order valence-electron chi connectivity index (χ2n) is 13.5. The Hall–Kier alpha value is -3.33. The molecule has 2 unspecified atom stereocenters. The number of phosphoric acid groups is 1. The van der Waals surface area contributed by atoms with Crippen LogP contribution in [0.3, 0.4) is 0 Å². The van der Waals surface area contributed by atoms with Gasteiger partial charge in [0.2, 0.25) is 0 Å². The zero-order valence-corrected chi connectivity index (χ0v) is 36.2. The molecular formula is C47H76NO8P. The van der Waals surface area contributed by atoms with Crippen LogP contribution in [0, 0.1) is 0 Å². The van der Waals surface area contributed by atoms with Gasteiger partial charge in [-0.3, -0.25) is 18.6 Å². The number of carbonyl (C=O) groups excluding carboxylic acids is 2. The maximum atomic E-state index is 12.6. The summed E-state index contributed by atoms with van der Waals surface area (Å²) >= 11 is 0. The predicted octanol–water partition coefficient (Wildman–Crippen LogP) is 12.4. The summed E-state index contributed by atoms with van der Waals surface area (Å²) in [6.45, 7) is 3.45. The molecule has 0 aliphatic rings. The molecule has 0 aromatic carbocycles. The van der Waals surface area contributed by atoms with Gasteiger partial charge in [0.05, 0.1) is 13.2 Å². The number of phosphoric ester groups is 1. The van der Waals surface area contributed by atoms with E-state index in [1.165, 1.54) is 25.7 Å². The Morgan fingerprint density at radius 3 is 1.46 bits per heavy atom. The molecule has 0 rings (SSSR count). The summed E-state index contributed by atoms with van der Waals surface area (Å²) in [6, 6.07) is 0. The lowest BCUT2D eigenvalue weighted by Crippen LogP contribution is -2.29. The summed E-state index contributed by atoms with van der Waals surface area (Å²) in [4.78, 5) is 34.8. The first-order valence-electron chi connectivity index (χ1n) is 21.4. The monoisotopic (exact) mass is 814 g/mol. The average Bonchev–Trinajstić information content (AvgIpc) is 3.20. The van der Waals surface area contributed by atoms with Crippen molar-refractivity contribution in [3.63, 3.8) is 0 Å². The number of carbonyl (C=O) groups is 2. The van der Waals surface area contributed by atoms with Crippen molar-refractivity contribution >= 4 is 19.8 Å². The molecule has 0 aliphatic carbocycles. The molecule has 9 nitrogen and oxygen atoms in total. The van der Waals surface area contributed by atoms with Gasteiger partial charge in [-0.05, 0) is 96.3 Å². The minimum Gasteiger partial charge on any atom is -0.462 e. The number of hydrogen-bond donors (Lipinski definition) is 2. The van der Waals surface area contributed by atoms with Crippen LogP contribution in [0.15, 0.2) is 109 Å². The molecule has 0 saturated heterocycles. The minimum absolute atomic E-state index is 0.0338. The van der Waals surface area contributed by atoms with E-state index in [-0.39, 0.29) is 32.6 Å². The zero-order valence-electron chi connectivity index (χ0n) is 35.3. The SMILES string of the molecule is CCC=CCC=CCC=CCC=CCC=CCCCCCC(=O)OC(COC(=O)CCCC=CCC=CCC=CCC=CCCCCC)COP(=O)(O)OCCN. The molecule has 57 heavy (non-hydrogen) atoms. The Morgan fingerprint density at radius 2 is 0.982 bits per heavy atom. The van der Waals surface area contributed by atoms with Gasteiger partial charge in [-0.15, -0.1) is 0 Å². The third-order valence-electron chi connectivity index (χ3n) is 8.14. The molecule has 0 aliphatic heterocycles. The van der Waals surface area contributed by atoms with Crippen molar-refractivity contribution in [2.24, 2.45) is 5.73 Å². The van der Waals surface area contributed by atoms with Crippen molar-refractivity contribution in [2.75, 3.05) is 26.4 Å². The van der Waals surface area contributed by atoms with Crippen LogP contribution in [0.5, 0.6) is 0 Å². The van der Waals surface area contributed by atoms with Crippen molar-refractivity contribution in [3.05, 3.63) is 109 Å². The Balaban J connectivity index is 4.36. The van der Waals surface area contributed by atoms with Crippen molar-refractivity contribution in [2.45, 2.75) is 148 Å². The highest BCUT2D eigenvalue weighted by Gasteiger charge is 2.25. The lowest BCUT2D eigenvalue weighted by molar-refractivity contribution is -0.161. The van der Waals surface area contributed by atoms with Gasteiger partial charge in [0.1, 0.15) is 6.61 Å². The van der Waals surface area contributed by atoms with E-state index >= 15 is 0 Å². The topological polar surface area (TPSA) is 134 Å². The molecule has 0 amide bonds. The molecule has 2 atom stereocenters. The summed E-state index contributed by atoms with van der Waals surface area (Å²) in [7, 11) is -4.41. The van der Waals surface area contributed by atoms with E-state index in [1.54, 1.807) is 0 Å². The first-order chi connectivity index (χ1) is 27.8. The minimum atomic E-state index is -4.41. The molecule has 10 heteroatoms. The number of ether oxygens (including phenoxy) is 2. The van der Waals surface area contributed by atoms with Crippen molar-refractivity contribution < 1.29 is 37.6 Å². The number of nitrogens with two attached hydrogens (primary N) is 1. The third-order valence-corrected chi connectivity index (χ3v) is 9.13. The molecule has 0 fully saturated rings. The first-order valence-corrected chi connectivity index (χ1v) is 22.9. The summed E-state index contributed by atoms with van der Waals surface area (Å²) in [5.74, 6) is -0.945. The smallest absolute Gasteiger partial charge is 0.462 e. The van der Waals surface area contributed by atoms with Crippen LogP contribution in [-0.2, 0) is 32.7 Å². The van der Waals surface area contributed by atoms with Crippen LogP contribution < -0.4 is 5.73 Å². The van der Waals surface area contributed by atoms with E-state index in [0.29, 0.717) is 12.8 Å². The van der Waals surface area contributed by atoms with Crippen LogP contribution in [0.1, 0.15) is 142 Å². The average molecular weight is 814 g/mol. The molecule has 322 valence electrons. The Kier molecular flexibility index (Phi) is 39.8. The van der Waals surface area contributed by atoms with Gasteiger partial charge in [-0.25, -0.2) is 4.57 Å². The largest absolute Gasteiger partial charge is 0.472 e. The lowest BCUT2D eigenvalue weighted by atomic mass is 10.1. The molecule has 0 radical (unpaired) electrons. The van der Waals surface area contributed by atoms with E-state index in [1.807, 2.05) is 6.08 Å². The molecule has 0 heterocycles. The third kappa shape index (κ3) is 42.1. The van der Waals surface area contributed by atoms with E-state index in [4.69, 9.17) is 24.3 Å². The van der Waals surface area contributed by atoms with Crippen molar-refractivity contribution in [1.82, 2.24) is 0 Å². The van der Waals surface area contributed by atoms with Gasteiger partial charge in [-0.2, -0.15) is 0 Å². The number of esters is 2. The number of unbranched alkanes of at least 4 members (excludes halogenated alkanes) is 7. The summed E-state index contributed by atoms with van der Waals surface area (Å²) in [6.07, 6.45) is 55.5. The molecule has 0 saturated carbocycles. The molecule has 0 aromatic heterocycles. The fraction of sp³-hybridized carbons (Fsp3) is 0.574. The van der Waals surface area contributed by atoms with Crippen LogP contribution in [0.4, 0.5) is 0 Å². The van der Waals surface area contributed by atoms with Gasteiger partial charge in [0.25, 0.3) is 0 Å². The van der Waals surface area contributed by atoms with E-state index in [2.05, 4.69) is 117 Å². The summed E-state index contributed by atoms with van der Waals surface area (Å²) in [5, 5.41) is 0. The maximum Gasteiger partial charge on any atom is 0.472 e. The molecule has 0 bridgehead atoms. The fourth-order valence-electron chi connectivity index (χ4n) is 5.00. The first kappa shape index (κ1) is 53.7. The van der Waals surface area contributed by atoms with Crippen molar-refractivity contribution in [3.8, 4) is 0 Å². The standard InChI is InChI=1S/C47H76NO8P/c1-3-5-7-9-11-13-15-17-19-21-22-24-26-28-30-32-34-36-38-40-47(50)56-45(44-55-57(51,52)54-42-41-48)43-53-46(49)39-37-35-33-31-29-27-25-23-20-18-16-14-12-10-8-6-4-2/h5,7,11-14,17-20,22,24-25,27-28,30-31,33,45H,3-4,6,8-10,15-16,21,23,26,29,32,34-44,48H2,1-2H3,(H,51,52). The van der Waals surface area contributed by atoms with Gasteiger partial charge >= 0.3 is 19.8 Å². The van der Waals surface area contributed by atoms with Gasteiger partial charge in [-0.1, -0.05) is 142 Å². The lowest BCUT2D eigenvalue weighted by Gasteiger charge is -2.19. The fourth-order valence-corrected chi connectivity index (χ4v) is 5.77. The number of rotatable bonds is 38. The number of hydrogen-bond acceptors (Lipinski definition) is 8. The molecular weight excluding hydrogens is 737 g/mol. The van der Waals surface area contributed by atoms with Gasteiger partial charge in [0, 0.05) is 19.4 Å². The Morgan fingerprint density at radius 1 is 0.544 bits per heavy atom. The summed E-state index contributed by atoms with van der Waals surface area (Å²) < 4.78 is 32.7. The molecule has 0 aromatic rings. The second-order valence-corrected chi connectivity index (χ2v) is 14.9. The van der Waals surface area contributed by atoms with Crippen LogP contribution >= 0.6 is 7.82 Å². The number of allylic oxidation sites excluding steroid dienone is 18. The van der Waals surface area contributed by atoms with Crippen molar-refractivity contribution in [1.29, 1.82) is 0 Å². The summed E-state index contributed by atoms with van der Waals surface area (Å²) in [5.41, 5.74) is 5.34. The van der Waals surface area contributed by atoms with E-state index < -0.39 is 32.5 Å². The highest BCUT2D eigenvalue weighted by atomic mass is 31.2. The van der Waals surface area contributed by atoms with E-state index in [9.17, 15) is 19.0 Å². The Labute approximate surface area is 346 Å². The highest BCUT2D eigenvalue weighted by molar-refractivity contribution is 7.47. The molecule has 0 spiro atoms. The van der Waals surface area contributed by atoms with Crippen LogP contribution in [-0.4, -0.2) is 49.3 Å². The second kappa shape index (κ2) is 42.3. The van der Waals surface area contributed by atoms with Gasteiger partial charge in [0.15, 0.2) is 6.10 Å². The highest BCUT2D eigenvalue weighted by Crippen LogP contribution is 2.43. The zero-order chi connectivity index (χ0) is 41.8.